The molecule has 1 aromatic carbocycles. The van der Waals surface area contributed by atoms with Crippen LogP contribution in [-0.2, 0) is 17.8 Å². The first-order chi connectivity index (χ1) is 14.6. The van der Waals surface area contributed by atoms with Crippen LogP contribution in [0.15, 0.2) is 65.9 Å². The third-order valence-corrected chi connectivity index (χ3v) is 5.60. The molecule has 2 atom stereocenters. The van der Waals surface area contributed by atoms with E-state index in [9.17, 15) is 9.59 Å². The van der Waals surface area contributed by atoms with E-state index in [4.69, 9.17) is 4.99 Å². The van der Waals surface area contributed by atoms with Gasteiger partial charge in [-0.15, -0.1) is 0 Å². The van der Waals surface area contributed by atoms with Crippen molar-refractivity contribution in [2.75, 3.05) is 6.54 Å². The molecule has 1 saturated heterocycles. The van der Waals surface area contributed by atoms with Crippen molar-refractivity contribution in [3.63, 3.8) is 0 Å². The molecule has 5 rings (SSSR count). The Labute approximate surface area is 173 Å². The zero-order valence-electron chi connectivity index (χ0n) is 16.6. The highest BCUT2D eigenvalue weighted by Gasteiger charge is 2.49. The van der Waals surface area contributed by atoms with Crippen molar-refractivity contribution in [3.8, 4) is 0 Å². The highest BCUT2D eigenvalue weighted by atomic mass is 16.2. The molecule has 30 heavy (non-hydrogen) atoms. The number of hydrogen-bond acceptors (Lipinski definition) is 5. The number of nitrogens with one attached hydrogen (secondary N) is 1. The van der Waals surface area contributed by atoms with E-state index in [1.54, 1.807) is 4.90 Å². The van der Waals surface area contributed by atoms with Gasteiger partial charge in [0.2, 0.25) is 0 Å². The van der Waals surface area contributed by atoms with Gasteiger partial charge in [-0.2, -0.15) is 0 Å². The Hall–Kier alpha value is -3.68. The summed E-state index contributed by atoms with van der Waals surface area (Å²) in [5, 5.41) is 2.49. The number of carbonyl (C=O) groups is 2. The molecule has 0 saturated carbocycles. The quantitative estimate of drug-likeness (QED) is 0.708. The Kier molecular flexibility index (Phi) is 4.46. The lowest BCUT2D eigenvalue weighted by Crippen LogP contribution is -2.64. The van der Waals surface area contributed by atoms with Gasteiger partial charge in [0.05, 0.1) is 5.69 Å². The van der Waals surface area contributed by atoms with E-state index in [1.165, 1.54) is 0 Å². The Balaban J connectivity index is 1.51. The number of fused-ring (bicyclic) bond motifs is 2. The lowest BCUT2D eigenvalue weighted by atomic mass is 10.1. The Bertz CT molecular complexity index is 1110. The van der Waals surface area contributed by atoms with Crippen LogP contribution in [0.3, 0.4) is 0 Å². The van der Waals surface area contributed by atoms with E-state index in [0.717, 1.165) is 22.7 Å². The summed E-state index contributed by atoms with van der Waals surface area (Å²) in [6.45, 7) is 2.90. The number of benzene rings is 1. The van der Waals surface area contributed by atoms with E-state index in [1.807, 2.05) is 77.1 Å². The third-order valence-electron chi connectivity index (χ3n) is 5.60. The smallest absolute Gasteiger partial charge is 0.325 e. The molecule has 4 heterocycles. The van der Waals surface area contributed by atoms with Gasteiger partial charge >= 0.3 is 6.03 Å². The summed E-state index contributed by atoms with van der Waals surface area (Å²) in [6, 6.07) is 14.9. The summed E-state index contributed by atoms with van der Waals surface area (Å²) >= 11 is 0. The maximum Gasteiger partial charge on any atom is 0.325 e. The molecule has 152 valence electrons. The molecule has 3 amide bonds. The number of aromatic nitrogens is 2. The maximum atomic E-state index is 12.8. The number of carbonyl (C=O) groups excluding carboxylic acids is 2. The fourth-order valence-corrected chi connectivity index (χ4v) is 4.19. The summed E-state index contributed by atoms with van der Waals surface area (Å²) in [5.74, 6) is 0.458. The van der Waals surface area contributed by atoms with Crippen molar-refractivity contribution >= 4 is 23.4 Å². The fraction of sp³-hybridized carbons (Fsp3) is 0.273. The first-order valence-corrected chi connectivity index (χ1v) is 10.1. The van der Waals surface area contributed by atoms with Crippen molar-refractivity contribution in [1.29, 1.82) is 0 Å². The van der Waals surface area contributed by atoms with E-state index >= 15 is 0 Å². The van der Waals surface area contributed by atoms with E-state index in [-0.39, 0.29) is 11.9 Å². The second kappa shape index (κ2) is 7.29. The number of aliphatic imine (C=N–C) groups is 1. The van der Waals surface area contributed by atoms with E-state index < -0.39 is 12.2 Å². The summed E-state index contributed by atoms with van der Waals surface area (Å²) in [6.07, 6.45) is 3.89. The van der Waals surface area contributed by atoms with Gasteiger partial charge in [0.25, 0.3) is 5.91 Å². The zero-order valence-corrected chi connectivity index (χ0v) is 16.6. The first kappa shape index (κ1) is 18.4. The highest BCUT2D eigenvalue weighted by Crippen LogP contribution is 2.28. The van der Waals surface area contributed by atoms with E-state index in [2.05, 4.69) is 10.3 Å². The minimum Gasteiger partial charge on any atom is -0.340 e. The van der Waals surface area contributed by atoms with Crippen molar-refractivity contribution in [3.05, 3.63) is 72.2 Å². The summed E-state index contributed by atoms with van der Waals surface area (Å²) < 4.78 is 1.97. The SMILES string of the molecule is CCN1C(=O)NC(=O)C2C1N=C(Cc1cn3ccccc3n1)N2Cc1ccccc1. The average molecular weight is 402 g/mol. The molecule has 2 aromatic heterocycles. The average Bonchev–Trinajstić information content (AvgIpc) is 3.30. The number of pyridine rings is 1. The largest absolute Gasteiger partial charge is 0.340 e. The van der Waals surface area contributed by atoms with Crippen LogP contribution in [0.2, 0.25) is 0 Å². The molecule has 0 radical (unpaired) electrons. The molecule has 0 spiro atoms. The number of amidine groups is 1. The number of urea groups is 1. The Morgan fingerprint density at radius 2 is 1.83 bits per heavy atom. The number of imidazole rings is 1. The molecule has 1 fully saturated rings. The molecule has 2 aliphatic heterocycles. The van der Waals surface area contributed by atoms with Gasteiger partial charge in [-0.25, -0.2) is 14.8 Å². The van der Waals surface area contributed by atoms with Crippen LogP contribution in [0.1, 0.15) is 18.2 Å². The van der Waals surface area contributed by atoms with Crippen LogP contribution in [0, 0.1) is 0 Å². The molecular formula is C22H22N6O2. The number of amides is 3. The Morgan fingerprint density at radius 3 is 2.60 bits per heavy atom. The molecular weight excluding hydrogens is 380 g/mol. The zero-order chi connectivity index (χ0) is 20.7. The van der Waals surface area contributed by atoms with Crippen LogP contribution in [-0.4, -0.2) is 55.7 Å². The van der Waals surface area contributed by atoms with Crippen LogP contribution >= 0.6 is 0 Å². The molecule has 2 aliphatic rings. The molecule has 1 N–H and O–H groups in total. The van der Waals surface area contributed by atoms with Crippen LogP contribution in [0.5, 0.6) is 0 Å². The summed E-state index contributed by atoms with van der Waals surface area (Å²) in [4.78, 5) is 38.3. The lowest BCUT2D eigenvalue weighted by Gasteiger charge is -2.37. The van der Waals surface area contributed by atoms with Gasteiger partial charge in [-0.3, -0.25) is 15.0 Å². The van der Waals surface area contributed by atoms with Gasteiger partial charge in [-0.05, 0) is 24.6 Å². The monoisotopic (exact) mass is 402 g/mol. The van der Waals surface area contributed by atoms with Crippen LogP contribution in [0.25, 0.3) is 5.65 Å². The van der Waals surface area contributed by atoms with Crippen molar-refractivity contribution < 1.29 is 9.59 Å². The number of nitrogens with zero attached hydrogens (tertiary/aromatic N) is 5. The highest BCUT2D eigenvalue weighted by molar-refractivity contribution is 6.04. The van der Waals surface area contributed by atoms with Crippen LogP contribution < -0.4 is 5.32 Å². The number of imide groups is 1. The predicted molar refractivity (Wildman–Crippen MR) is 112 cm³/mol. The van der Waals surface area contributed by atoms with Crippen molar-refractivity contribution in [1.82, 2.24) is 24.5 Å². The number of rotatable bonds is 5. The molecule has 8 heteroatoms. The minimum atomic E-state index is -0.546. The maximum absolute atomic E-state index is 12.8. The number of hydrogen-bond donors (Lipinski definition) is 1. The van der Waals surface area contributed by atoms with Crippen molar-refractivity contribution in [2.45, 2.75) is 32.1 Å². The van der Waals surface area contributed by atoms with Gasteiger partial charge in [0, 0.05) is 31.9 Å². The van der Waals surface area contributed by atoms with Gasteiger partial charge in [-0.1, -0.05) is 36.4 Å². The van der Waals surface area contributed by atoms with Crippen molar-refractivity contribution in [2.24, 2.45) is 4.99 Å². The molecule has 0 bridgehead atoms. The third kappa shape index (κ3) is 3.10. The normalized spacial score (nSPS) is 21.0. The number of likely N-dealkylation sites (N-methyl/N-ethyl adjacent to an activating group) is 1. The molecule has 3 aromatic rings. The lowest BCUT2D eigenvalue weighted by molar-refractivity contribution is -0.127. The summed E-state index contributed by atoms with van der Waals surface area (Å²) in [5.41, 5.74) is 2.81. The molecule has 8 nitrogen and oxygen atoms in total. The van der Waals surface area contributed by atoms with Gasteiger partial charge in [0.15, 0.2) is 12.2 Å². The topological polar surface area (TPSA) is 82.3 Å². The van der Waals surface area contributed by atoms with Gasteiger partial charge < -0.3 is 9.30 Å². The standard InChI is InChI=1S/C22H22N6O2/c1-2-27-20-19(21(29)25-22(27)30)28(13-15-8-4-3-5-9-15)18(24-20)12-16-14-26-11-7-6-10-17(26)23-16/h3-11,14,19-20H,2,12-13H2,1H3,(H,25,29,30). The van der Waals surface area contributed by atoms with E-state index in [0.29, 0.717) is 19.5 Å². The fourth-order valence-electron chi connectivity index (χ4n) is 4.19. The van der Waals surface area contributed by atoms with Crippen LogP contribution in [0.4, 0.5) is 4.79 Å². The minimum absolute atomic E-state index is 0.306. The first-order valence-electron chi connectivity index (χ1n) is 10.1. The second-order valence-corrected chi connectivity index (χ2v) is 7.47. The molecule has 0 aliphatic carbocycles. The Morgan fingerprint density at radius 1 is 1.03 bits per heavy atom. The second-order valence-electron chi connectivity index (χ2n) is 7.47. The van der Waals surface area contributed by atoms with Gasteiger partial charge in [0.1, 0.15) is 11.5 Å². The molecule has 2 unspecified atom stereocenters. The predicted octanol–water partition coefficient (Wildman–Crippen LogP) is 2.06. The summed E-state index contributed by atoms with van der Waals surface area (Å²) in [7, 11) is 0.